The van der Waals surface area contributed by atoms with Crippen molar-refractivity contribution in [1.29, 1.82) is 0 Å². The molecule has 1 aromatic rings. The first-order valence-electron chi connectivity index (χ1n) is 6.52. The minimum atomic E-state index is 0.00120. The molecular formula is C13H19ClN2O2. The number of aromatic nitrogens is 1. The van der Waals surface area contributed by atoms with Crippen LogP contribution in [0.3, 0.4) is 0 Å². The molecule has 18 heavy (non-hydrogen) atoms. The summed E-state index contributed by atoms with van der Waals surface area (Å²) >= 11 is 5.83. The molecule has 1 saturated carbocycles. The predicted octanol–water partition coefficient (Wildman–Crippen LogP) is 3.00. The summed E-state index contributed by atoms with van der Waals surface area (Å²) in [5.41, 5.74) is 0.561. The first-order valence-corrected chi connectivity index (χ1v) is 7.05. The van der Waals surface area contributed by atoms with Crippen molar-refractivity contribution in [2.75, 3.05) is 12.4 Å². The number of amides is 1. The summed E-state index contributed by atoms with van der Waals surface area (Å²) in [5, 5.41) is 3.67. The molecule has 0 N–H and O–H groups in total. The molecule has 0 aliphatic heterocycles. The predicted molar refractivity (Wildman–Crippen MR) is 69.9 cm³/mol. The molecule has 0 bridgehead atoms. The van der Waals surface area contributed by atoms with Crippen LogP contribution in [0.2, 0.25) is 0 Å². The van der Waals surface area contributed by atoms with Crippen molar-refractivity contribution in [3.05, 3.63) is 17.5 Å². The van der Waals surface area contributed by atoms with Gasteiger partial charge in [0.25, 0.3) is 5.91 Å². The zero-order valence-corrected chi connectivity index (χ0v) is 11.4. The number of rotatable bonds is 4. The van der Waals surface area contributed by atoms with E-state index < -0.39 is 0 Å². The topological polar surface area (TPSA) is 46.3 Å². The van der Waals surface area contributed by atoms with E-state index in [0.717, 1.165) is 12.8 Å². The molecule has 0 unspecified atom stereocenters. The SMILES string of the molecule is Cc1oncc1C(=O)N(CCCl)C1CCCCC1. The molecule has 1 heterocycles. The van der Waals surface area contributed by atoms with Gasteiger partial charge in [0.05, 0.1) is 6.20 Å². The van der Waals surface area contributed by atoms with E-state index in [-0.39, 0.29) is 5.91 Å². The number of nitrogens with zero attached hydrogens (tertiary/aromatic N) is 2. The van der Waals surface area contributed by atoms with Crippen LogP contribution in [-0.4, -0.2) is 34.4 Å². The fourth-order valence-corrected chi connectivity index (χ4v) is 2.77. The molecule has 0 aromatic carbocycles. The normalized spacial score (nSPS) is 16.8. The van der Waals surface area contributed by atoms with Crippen LogP contribution in [0.15, 0.2) is 10.7 Å². The largest absolute Gasteiger partial charge is 0.361 e. The molecule has 100 valence electrons. The van der Waals surface area contributed by atoms with Crippen molar-refractivity contribution in [2.24, 2.45) is 0 Å². The molecule has 2 rings (SSSR count). The van der Waals surface area contributed by atoms with Gasteiger partial charge in [-0.05, 0) is 19.8 Å². The maximum absolute atomic E-state index is 12.5. The van der Waals surface area contributed by atoms with Crippen LogP contribution in [0.5, 0.6) is 0 Å². The van der Waals surface area contributed by atoms with Crippen LogP contribution in [0, 0.1) is 6.92 Å². The molecule has 0 saturated heterocycles. The van der Waals surface area contributed by atoms with Gasteiger partial charge >= 0.3 is 0 Å². The van der Waals surface area contributed by atoms with Crippen LogP contribution in [0.4, 0.5) is 0 Å². The molecule has 0 atom stereocenters. The average molecular weight is 271 g/mol. The third-order valence-electron chi connectivity index (χ3n) is 3.58. The minimum absolute atomic E-state index is 0.00120. The smallest absolute Gasteiger partial charge is 0.259 e. The summed E-state index contributed by atoms with van der Waals surface area (Å²) in [7, 11) is 0. The number of carbonyl (C=O) groups is 1. The van der Waals surface area contributed by atoms with Gasteiger partial charge in [-0.1, -0.05) is 24.4 Å². The Morgan fingerprint density at radius 3 is 2.78 bits per heavy atom. The zero-order valence-electron chi connectivity index (χ0n) is 10.7. The van der Waals surface area contributed by atoms with Crippen molar-refractivity contribution >= 4 is 17.5 Å². The van der Waals surface area contributed by atoms with E-state index in [2.05, 4.69) is 5.16 Å². The van der Waals surface area contributed by atoms with Crippen molar-refractivity contribution in [3.8, 4) is 0 Å². The summed E-state index contributed by atoms with van der Waals surface area (Å²) in [6.45, 7) is 2.36. The molecule has 1 aliphatic rings. The molecule has 1 fully saturated rings. The number of hydrogen-bond donors (Lipinski definition) is 0. The third kappa shape index (κ3) is 2.86. The number of hydrogen-bond acceptors (Lipinski definition) is 3. The minimum Gasteiger partial charge on any atom is -0.361 e. The lowest BCUT2D eigenvalue weighted by Gasteiger charge is -2.33. The van der Waals surface area contributed by atoms with E-state index in [9.17, 15) is 4.79 Å². The quantitative estimate of drug-likeness (QED) is 0.790. The molecule has 1 aromatic heterocycles. The van der Waals surface area contributed by atoms with Gasteiger partial charge < -0.3 is 9.42 Å². The third-order valence-corrected chi connectivity index (χ3v) is 3.75. The van der Waals surface area contributed by atoms with E-state index in [0.29, 0.717) is 29.8 Å². The Hall–Kier alpha value is -1.03. The van der Waals surface area contributed by atoms with Crippen molar-refractivity contribution < 1.29 is 9.32 Å². The van der Waals surface area contributed by atoms with Crippen molar-refractivity contribution in [3.63, 3.8) is 0 Å². The fraction of sp³-hybridized carbons (Fsp3) is 0.692. The molecule has 1 aliphatic carbocycles. The lowest BCUT2D eigenvalue weighted by molar-refractivity contribution is 0.0648. The van der Waals surface area contributed by atoms with Gasteiger partial charge in [0.1, 0.15) is 11.3 Å². The summed E-state index contributed by atoms with van der Waals surface area (Å²) in [5.74, 6) is 1.05. The lowest BCUT2D eigenvalue weighted by Crippen LogP contribution is -2.42. The summed E-state index contributed by atoms with van der Waals surface area (Å²) in [6.07, 6.45) is 7.31. The Labute approximate surface area is 112 Å². The van der Waals surface area contributed by atoms with Crippen LogP contribution < -0.4 is 0 Å². The highest BCUT2D eigenvalue weighted by Crippen LogP contribution is 2.24. The Kier molecular flexibility index (Phi) is 4.64. The number of carbonyl (C=O) groups excluding carboxylic acids is 1. The Morgan fingerprint density at radius 2 is 2.22 bits per heavy atom. The molecule has 5 heteroatoms. The first-order chi connectivity index (χ1) is 8.74. The molecule has 0 spiro atoms. The van der Waals surface area contributed by atoms with Crippen LogP contribution >= 0.6 is 11.6 Å². The van der Waals surface area contributed by atoms with Gasteiger partial charge in [-0.25, -0.2) is 0 Å². The Bertz CT molecular complexity index is 399. The lowest BCUT2D eigenvalue weighted by atomic mass is 9.94. The van der Waals surface area contributed by atoms with E-state index in [4.69, 9.17) is 16.1 Å². The number of halogens is 1. The highest BCUT2D eigenvalue weighted by molar-refractivity contribution is 6.18. The van der Waals surface area contributed by atoms with Crippen LogP contribution in [-0.2, 0) is 0 Å². The van der Waals surface area contributed by atoms with Crippen molar-refractivity contribution in [2.45, 2.75) is 45.1 Å². The van der Waals surface area contributed by atoms with Crippen LogP contribution in [0.25, 0.3) is 0 Å². The first kappa shape index (κ1) is 13.4. The van der Waals surface area contributed by atoms with E-state index in [1.54, 1.807) is 6.92 Å². The highest BCUT2D eigenvalue weighted by Gasteiger charge is 2.27. The summed E-state index contributed by atoms with van der Waals surface area (Å²) < 4.78 is 4.97. The van der Waals surface area contributed by atoms with E-state index in [1.165, 1.54) is 25.5 Å². The molecule has 1 amide bonds. The second-order valence-corrected chi connectivity index (χ2v) is 5.15. The van der Waals surface area contributed by atoms with Gasteiger partial charge in [0.15, 0.2) is 0 Å². The maximum atomic E-state index is 12.5. The maximum Gasteiger partial charge on any atom is 0.259 e. The van der Waals surface area contributed by atoms with E-state index >= 15 is 0 Å². The second kappa shape index (κ2) is 6.23. The van der Waals surface area contributed by atoms with Gasteiger partial charge in [0.2, 0.25) is 0 Å². The molecule has 0 radical (unpaired) electrons. The van der Waals surface area contributed by atoms with Gasteiger partial charge in [-0.15, -0.1) is 11.6 Å². The standard InChI is InChI=1S/C13H19ClN2O2/c1-10-12(9-15-18-10)13(17)16(8-7-14)11-5-3-2-4-6-11/h9,11H,2-8H2,1H3. The fourth-order valence-electron chi connectivity index (χ4n) is 2.59. The second-order valence-electron chi connectivity index (χ2n) is 4.78. The van der Waals surface area contributed by atoms with Crippen LogP contribution in [0.1, 0.15) is 48.2 Å². The van der Waals surface area contributed by atoms with E-state index in [1.807, 2.05) is 4.90 Å². The van der Waals surface area contributed by atoms with Crippen molar-refractivity contribution in [1.82, 2.24) is 10.1 Å². The number of alkyl halides is 1. The molecule has 4 nitrogen and oxygen atoms in total. The summed E-state index contributed by atoms with van der Waals surface area (Å²) in [4.78, 5) is 14.4. The van der Waals surface area contributed by atoms with Gasteiger partial charge in [0, 0.05) is 18.5 Å². The summed E-state index contributed by atoms with van der Waals surface area (Å²) in [6, 6.07) is 0.319. The Balaban J connectivity index is 2.13. The molecular weight excluding hydrogens is 252 g/mol. The van der Waals surface area contributed by atoms with Gasteiger partial charge in [-0.3, -0.25) is 4.79 Å². The number of aryl methyl sites for hydroxylation is 1. The monoisotopic (exact) mass is 270 g/mol. The Morgan fingerprint density at radius 1 is 1.50 bits per heavy atom. The van der Waals surface area contributed by atoms with Gasteiger partial charge in [-0.2, -0.15) is 0 Å². The highest BCUT2D eigenvalue weighted by atomic mass is 35.5. The zero-order chi connectivity index (χ0) is 13.0. The average Bonchev–Trinajstić information content (AvgIpc) is 2.82.